The third-order valence-electron chi connectivity index (χ3n) is 6.60. The van der Waals surface area contributed by atoms with Crippen molar-refractivity contribution in [2.75, 3.05) is 32.2 Å². The van der Waals surface area contributed by atoms with Gasteiger partial charge in [-0.15, -0.1) is 10.2 Å². The predicted molar refractivity (Wildman–Crippen MR) is 126 cm³/mol. The summed E-state index contributed by atoms with van der Waals surface area (Å²) in [5.74, 6) is 2.43. The molecule has 2 aliphatic heterocycles. The Morgan fingerprint density at radius 2 is 1.70 bits per heavy atom. The van der Waals surface area contributed by atoms with Crippen LogP contribution >= 0.6 is 0 Å². The maximum absolute atomic E-state index is 13.0. The molecule has 1 aromatic heterocycles. The number of rotatable bonds is 4. The number of aromatic nitrogens is 2. The summed E-state index contributed by atoms with van der Waals surface area (Å²) in [6.45, 7) is 3.53. The van der Waals surface area contributed by atoms with E-state index < -0.39 is 5.60 Å². The third kappa shape index (κ3) is 3.88. The summed E-state index contributed by atoms with van der Waals surface area (Å²) >= 11 is 0. The van der Waals surface area contributed by atoms with E-state index in [0.29, 0.717) is 42.1 Å². The van der Waals surface area contributed by atoms with E-state index in [-0.39, 0.29) is 5.78 Å². The smallest absolute Gasteiger partial charge is 0.204 e. The predicted octanol–water partition coefficient (Wildman–Crippen LogP) is 4.47. The van der Waals surface area contributed by atoms with Crippen LogP contribution < -0.4 is 19.1 Å². The first-order chi connectivity index (χ1) is 16.0. The van der Waals surface area contributed by atoms with Gasteiger partial charge >= 0.3 is 0 Å². The van der Waals surface area contributed by atoms with E-state index in [4.69, 9.17) is 14.2 Å². The van der Waals surface area contributed by atoms with Gasteiger partial charge in [0.2, 0.25) is 5.75 Å². The van der Waals surface area contributed by atoms with Crippen LogP contribution in [0.15, 0.2) is 48.5 Å². The van der Waals surface area contributed by atoms with Gasteiger partial charge in [-0.1, -0.05) is 29.8 Å². The van der Waals surface area contributed by atoms with Crippen LogP contribution in [0.2, 0.25) is 0 Å². The number of Topliss-reactive ketones (excluding diaryl/α,β-unsaturated/α-hetero) is 1. The largest absolute Gasteiger partial charge is 0.493 e. The Morgan fingerprint density at radius 1 is 0.939 bits per heavy atom. The monoisotopic (exact) mass is 445 g/mol. The topological polar surface area (TPSA) is 73.8 Å². The van der Waals surface area contributed by atoms with Crippen LogP contribution in [0, 0.1) is 6.92 Å². The lowest BCUT2D eigenvalue weighted by molar-refractivity contribution is 0.0207. The quantitative estimate of drug-likeness (QED) is 0.586. The fourth-order valence-corrected chi connectivity index (χ4v) is 4.65. The molecule has 0 N–H and O–H groups in total. The van der Waals surface area contributed by atoms with Crippen molar-refractivity contribution in [3.8, 4) is 28.5 Å². The second kappa shape index (κ2) is 8.39. The van der Waals surface area contributed by atoms with Gasteiger partial charge in [-0.25, -0.2) is 0 Å². The second-order valence-electron chi connectivity index (χ2n) is 8.69. The van der Waals surface area contributed by atoms with Crippen molar-refractivity contribution < 1.29 is 19.0 Å². The minimum Gasteiger partial charge on any atom is -0.493 e. The summed E-state index contributed by atoms with van der Waals surface area (Å²) in [6.07, 6.45) is 1.78. The first kappa shape index (κ1) is 21.2. The molecule has 2 aliphatic rings. The molecule has 170 valence electrons. The van der Waals surface area contributed by atoms with Gasteiger partial charge in [0.05, 0.1) is 31.9 Å². The Morgan fingerprint density at radius 3 is 2.33 bits per heavy atom. The molecule has 7 heteroatoms. The highest BCUT2D eigenvalue weighted by molar-refractivity contribution is 6.01. The first-order valence-electron chi connectivity index (χ1n) is 11.1. The van der Waals surface area contributed by atoms with Crippen LogP contribution in [-0.2, 0) is 0 Å². The van der Waals surface area contributed by atoms with Crippen molar-refractivity contribution in [3.63, 3.8) is 0 Å². The fraction of sp³-hybridized carbons (Fsp3) is 0.346. The van der Waals surface area contributed by atoms with Crippen molar-refractivity contribution >= 4 is 11.6 Å². The van der Waals surface area contributed by atoms with Crippen LogP contribution in [0.4, 0.5) is 5.82 Å². The Hall–Kier alpha value is -3.61. The van der Waals surface area contributed by atoms with Gasteiger partial charge in [0.25, 0.3) is 0 Å². The van der Waals surface area contributed by atoms with Crippen molar-refractivity contribution in [1.29, 1.82) is 0 Å². The number of nitrogens with zero attached hydrogens (tertiary/aromatic N) is 3. The zero-order chi connectivity index (χ0) is 23.0. The van der Waals surface area contributed by atoms with Crippen molar-refractivity contribution in [2.45, 2.75) is 31.8 Å². The number of methoxy groups -OCH3 is 2. The molecule has 3 aromatic rings. The molecule has 1 fully saturated rings. The number of hydrogen-bond acceptors (Lipinski definition) is 7. The normalized spacial score (nSPS) is 16.8. The van der Waals surface area contributed by atoms with Crippen LogP contribution in [0.5, 0.6) is 17.2 Å². The molecule has 1 spiro atoms. The number of piperidine rings is 1. The average molecular weight is 446 g/mol. The Labute approximate surface area is 193 Å². The van der Waals surface area contributed by atoms with Crippen LogP contribution in [0.3, 0.4) is 0 Å². The van der Waals surface area contributed by atoms with Gasteiger partial charge < -0.3 is 19.1 Å². The summed E-state index contributed by atoms with van der Waals surface area (Å²) < 4.78 is 17.4. The van der Waals surface area contributed by atoms with E-state index in [1.54, 1.807) is 26.4 Å². The van der Waals surface area contributed by atoms with Gasteiger partial charge in [-0.05, 0) is 31.2 Å². The van der Waals surface area contributed by atoms with E-state index in [2.05, 4.69) is 46.3 Å². The number of ketones is 1. The lowest BCUT2D eigenvalue weighted by Crippen LogP contribution is -2.51. The lowest BCUT2D eigenvalue weighted by Gasteiger charge is -2.44. The highest BCUT2D eigenvalue weighted by Crippen LogP contribution is 2.48. The van der Waals surface area contributed by atoms with Crippen LogP contribution in [-0.4, -0.2) is 48.9 Å². The number of fused-ring (bicyclic) bond motifs is 1. The minimum absolute atomic E-state index is 0.0768. The van der Waals surface area contributed by atoms with Crippen LogP contribution in [0.25, 0.3) is 11.3 Å². The number of aryl methyl sites for hydroxylation is 1. The minimum atomic E-state index is -0.546. The molecule has 33 heavy (non-hydrogen) atoms. The highest BCUT2D eigenvalue weighted by atomic mass is 16.5. The number of carbonyl (C=O) groups is 1. The van der Waals surface area contributed by atoms with E-state index in [9.17, 15) is 4.79 Å². The van der Waals surface area contributed by atoms with Gasteiger partial charge in [-0.3, -0.25) is 4.79 Å². The Balaban J connectivity index is 1.32. The molecule has 0 radical (unpaired) electrons. The zero-order valence-corrected chi connectivity index (χ0v) is 19.1. The molecule has 0 unspecified atom stereocenters. The third-order valence-corrected chi connectivity index (χ3v) is 6.60. The summed E-state index contributed by atoms with van der Waals surface area (Å²) in [5.41, 5.74) is 3.13. The number of ether oxygens (including phenoxy) is 3. The Bertz CT molecular complexity index is 1170. The molecule has 1 saturated heterocycles. The first-order valence-corrected chi connectivity index (χ1v) is 11.1. The average Bonchev–Trinajstić information content (AvgIpc) is 2.84. The maximum atomic E-state index is 13.0. The van der Waals surface area contributed by atoms with E-state index in [1.165, 1.54) is 5.56 Å². The fourth-order valence-electron chi connectivity index (χ4n) is 4.65. The molecule has 5 rings (SSSR count). The molecule has 0 saturated carbocycles. The SMILES string of the molecule is COc1ccc2c(c1OC)OC1(CCN(c3ccc(-c4ccc(C)cc4)nn3)CC1)CC2=O. The van der Waals surface area contributed by atoms with Crippen molar-refractivity contribution in [3.05, 3.63) is 59.7 Å². The standard InChI is InChI=1S/C26H27N3O4/c1-17-4-6-18(7-5-17)20-9-11-23(28-27-20)29-14-12-26(13-15-29)16-21(30)19-8-10-22(31-2)25(32-3)24(19)33-26/h4-11H,12-16H2,1-3H3. The molecular weight excluding hydrogens is 418 g/mol. The van der Waals surface area contributed by atoms with Gasteiger partial charge in [0, 0.05) is 31.5 Å². The lowest BCUT2D eigenvalue weighted by atomic mass is 9.82. The summed E-state index contributed by atoms with van der Waals surface area (Å²) in [7, 11) is 3.14. The van der Waals surface area contributed by atoms with Crippen LogP contribution in [0.1, 0.15) is 35.2 Å². The summed E-state index contributed by atoms with van der Waals surface area (Å²) in [5, 5.41) is 8.90. The Kier molecular flexibility index (Phi) is 5.40. The van der Waals surface area contributed by atoms with Crippen molar-refractivity contribution in [1.82, 2.24) is 10.2 Å². The maximum Gasteiger partial charge on any atom is 0.204 e. The van der Waals surface area contributed by atoms with Crippen molar-refractivity contribution in [2.24, 2.45) is 0 Å². The second-order valence-corrected chi connectivity index (χ2v) is 8.69. The van der Waals surface area contributed by atoms with E-state index in [1.807, 2.05) is 12.1 Å². The molecular formula is C26H27N3O4. The molecule has 2 aromatic carbocycles. The number of anilines is 1. The van der Waals surface area contributed by atoms with Gasteiger partial charge in [0.1, 0.15) is 5.60 Å². The molecule has 0 bridgehead atoms. The number of hydrogen-bond donors (Lipinski definition) is 0. The van der Waals surface area contributed by atoms with E-state index >= 15 is 0 Å². The van der Waals surface area contributed by atoms with Gasteiger partial charge in [0.15, 0.2) is 23.1 Å². The summed E-state index contributed by atoms with van der Waals surface area (Å²) in [4.78, 5) is 15.2. The molecule has 0 atom stereocenters. The number of carbonyl (C=O) groups excluding carboxylic acids is 1. The zero-order valence-electron chi connectivity index (χ0n) is 19.1. The highest BCUT2D eigenvalue weighted by Gasteiger charge is 2.44. The number of benzene rings is 2. The molecule has 0 aliphatic carbocycles. The van der Waals surface area contributed by atoms with Gasteiger partial charge in [-0.2, -0.15) is 0 Å². The van der Waals surface area contributed by atoms with E-state index in [0.717, 1.165) is 30.2 Å². The molecule has 7 nitrogen and oxygen atoms in total. The molecule has 0 amide bonds. The summed E-state index contributed by atoms with van der Waals surface area (Å²) in [6, 6.07) is 15.8. The molecule has 3 heterocycles.